The molecule has 0 unspecified atom stereocenters. The number of benzene rings is 1. The van der Waals surface area contributed by atoms with Gasteiger partial charge >= 0.3 is 0 Å². The van der Waals surface area contributed by atoms with Crippen LogP contribution in [0.5, 0.6) is 5.75 Å². The van der Waals surface area contributed by atoms with E-state index >= 15 is 0 Å². The van der Waals surface area contributed by atoms with Crippen LogP contribution in [0.3, 0.4) is 0 Å². The van der Waals surface area contributed by atoms with Crippen LogP contribution in [0.4, 0.5) is 16.2 Å². The zero-order chi connectivity index (χ0) is 21.1. The van der Waals surface area contributed by atoms with Gasteiger partial charge < -0.3 is 19.2 Å². The van der Waals surface area contributed by atoms with Crippen LogP contribution >= 0.6 is 27.5 Å². The smallest absolute Gasteiger partial charge is 0.245 e. The largest absolute Gasteiger partial charge is 0.506 e. The van der Waals surface area contributed by atoms with E-state index in [0.29, 0.717) is 47.9 Å². The number of hydrogen-bond acceptors (Lipinski definition) is 8. The van der Waals surface area contributed by atoms with Crippen molar-refractivity contribution in [3.05, 3.63) is 51.5 Å². The summed E-state index contributed by atoms with van der Waals surface area (Å²) in [5, 5.41) is 14.4. The Kier molecular flexibility index (Phi) is 6.16. The first kappa shape index (κ1) is 20.6. The molecule has 3 heterocycles. The quantitative estimate of drug-likeness (QED) is 0.402. The fourth-order valence-electron chi connectivity index (χ4n) is 2.88. The first-order chi connectivity index (χ1) is 14.5. The Morgan fingerprint density at radius 3 is 2.90 bits per heavy atom. The summed E-state index contributed by atoms with van der Waals surface area (Å²) in [6.07, 6.45) is 2.52. The molecule has 4 rings (SSSR count). The zero-order valence-electron chi connectivity index (χ0n) is 15.5. The van der Waals surface area contributed by atoms with E-state index in [2.05, 4.69) is 36.4 Å². The van der Waals surface area contributed by atoms with Crippen LogP contribution < -0.4 is 10.3 Å². The molecule has 0 bridgehead atoms. The fourth-order valence-corrected chi connectivity index (χ4v) is 3.69. The number of morpholine rings is 1. The average molecular weight is 497 g/mol. The molecule has 0 saturated carbocycles. The summed E-state index contributed by atoms with van der Waals surface area (Å²) in [4.78, 5) is 9.88. The molecule has 2 N–H and O–H groups in total. The van der Waals surface area contributed by atoms with E-state index in [1.807, 2.05) is 0 Å². The van der Waals surface area contributed by atoms with Gasteiger partial charge in [-0.1, -0.05) is 27.5 Å². The SMILES string of the molecule is Oc1c(Cl)cc(Br)cc1-c1ccc(/C=N\Nc2ncc(F)c(N3CCOCC3)n2)o1. The van der Waals surface area contributed by atoms with Gasteiger partial charge in [0.2, 0.25) is 5.95 Å². The number of aromatic nitrogens is 2. The highest BCUT2D eigenvalue weighted by Gasteiger charge is 2.18. The number of halogens is 3. The number of ether oxygens (including phenoxy) is 1. The number of aromatic hydroxyl groups is 1. The number of nitrogens with zero attached hydrogens (tertiary/aromatic N) is 4. The Bertz CT molecular complexity index is 1090. The highest BCUT2D eigenvalue weighted by Crippen LogP contribution is 2.38. The van der Waals surface area contributed by atoms with Crippen LogP contribution in [0.15, 0.2) is 44.5 Å². The lowest BCUT2D eigenvalue weighted by Crippen LogP contribution is -2.37. The number of hydrogen-bond donors (Lipinski definition) is 2. The van der Waals surface area contributed by atoms with Crippen molar-refractivity contribution in [3.63, 3.8) is 0 Å². The summed E-state index contributed by atoms with van der Waals surface area (Å²) in [5.74, 6) is 0.611. The Morgan fingerprint density at radius 2 is 2.10 bits per heavy atom. The number of anilines is 2. The fraction of sp³-hybridized carbons (Fsp3) is 0.211. The van der Waals surface area contributed by atoms with E-state index in [0.717, 1.165) is 6.20 Å². The molecule has 30 heavy (non-hydrogen) atoms. The van der Waals surface area contributed by atoms with E-state index < -0.39 is 5.82 Å². The number of phenolic OH excluding ortho intramolecular Hbond substituents is 1. The van der Waals surface area contributed by atoms with E-state index in [4.69, 9.17) is 20.8 Å². The van der Waals surface area contributed by atoms with Gasteiger partial charge in [0, 0.05) is 17.6 Å². The Balaban J connectivity index is 1.47. The van der Waals surface area contributed by atoms with Crippen molar-refractivity contribution in [2.24, 2.45) is 5.10 Å². The van der Waals surface area contributed by atoms with Crippen LogP contribution in [0, 0.1) is 5.82 Å². The van der Waals surface area contributed by atoms with Gasteiger partial charge in [-0.2, -0.15) is 10.1 Å². The Labute approximate surface area is 184 Å². The molecule has 8 nitrogen and oxygen atoms in total. The third-order valence-electron chi connectivity index (χ3n) is 4.31. The summed E-state index contributed by atoms with van der Waals surface area (Å²) in [6.45, 7) is 2.14. The molecule has 1 saturated heterocycles. The maximum absolute atomic E-state index is 14.1. The highest BCUT2D eigenvalue weighted by molar-refractivity contribution is 9.10. The van der Waals surface area contributed by atoms with Crippen molar-refractivity contribution in [3.8, 4) is 17.1 Å². The van der Waals surface area contributed by atoms with Crippen molar-refractivity contribution in [2.45, 2.75) is 0 Å². The predicted octanol–water partition coefficient (Wildman–Crippen LogP) is 4.28. The molecule has 1 aliphatic heterocycles. The van der Waals surface area contributed by atoms with Gasteiger partial charge in [0.05, 0.1) is 36.2 Å². The molecule has 0 radical (unpaired) electrons. The van der Waals surface area contributed by atoms with Crippen LogP contribution in [-0.4, -0.2) is 47.6 Å². The summed E-state index contributed by atoms with van der Waals surface area (Å²) in [6, 6.07) is 6.64. The molecule has 1 fully saturated rings. The average Bonchev–Trinajstić information content (AvgIpc) is 3.21. The molecular weight excluding hydrogens is 481 g/mol. The molecule has 1 aliphatic rings. The molecule has 2 aromatic heterocycles. The number of hydrazone groups is 1. The minimum atomic E-state index is -0.505. The number of furan rings is 1. The van der Waals surface area contributed by atoms with Crippen molar-refractivity contribution < 1.29 is 18.7 Å². The minimum Gasteiger partial charge on any atom is -0.506 e. The monoisotopic (exact) mass is 495 g/mol. The van der Waals surface area contributed by atoms with Crippen molar-refractivity contribution >= 4 is 45.5 Å². The van der Waals surface area contributed by atoms with E-state index in [9.17, 15) is 9.50 Å². The molecule has 1 aromatic carbocycles. The van der Waals surface area contributed by atoms with Gasteiger partial charge in [-0.15, -0.1) is 0 Å². The first-order valence-electron chi connectivity index (χ1n) is 8.94. The van der Waals surface area contributed by atoms with Gasteiger partial charge in [0.25, 0.3) is 0 Å². The summed E-state index contributed by atoms with van der Waals surface area (Å²) >= 11 is 9.33. The standard InChI is InChI=1S/C19H16BrClFN5O3/c20-11-7-13(17(28)14(21)8-11)16-2-1-12(30-16)9-24-26-19-23-10-15(22)18(25-19)27-3-5-29-6-4-27/h1-2,7-10,28H,3-6H2,(H,23,25,26)/b24-9-. The molecular formula is C19H16BrClFN5O3. The second-order valence-corrected chi connectivity index (χ2v) is 7.64. The third kappa shape index (κ3) is 4.55. The van der Waals surface area contributed by atoms with Gasteiger partial charge in [0.1, 0.15) is 17.3 Å². The second kappa shape index (κ2) is 8.99. The lowest BCUT2D eigenvalue weighted by Gasteiger charge is -2.27. The molecule has 0 spiro atoms. The number of rotatable bonds is 5. The van der Waals surface area contributed by atoms with E-state index in [1.54, 1.807) is 29.2 Å². The van der Waals surface area contributed by atoms with Gasteiger partial charge in [-0.05, 0) is 24.3 Å². The second-order valence-electron chi connectivity index (χ2n) is 6.32. The van der Waals surface area contributed by atoms with Crippen LogP contribution in [0.25, 0.3) is 11.3 Å². The van der Waals surface area contributed by atoms with Gasteiger partial charge in [-0.25, -0.2) is 14.8 Å². The van der Waals surface area contributed by atoms with Crippen molar-refractivity contribution in [1.82, 2.24) is 9.97 Å². The summed E-state index contributed by atoms with van der Waals surface area (Å²) in [5.41, 5.74) is 3.11. The molecule has 0 atom stereocenters. The van der Waals surface area contributed by atoms with Crippen LogP contribution in [0.1, 0.15) is 5.76 Å². The molecule has 11 heteroatoms. The number of nitrogens with one attached hydrogen (secondary N) is 1. The zero-order valence-corrected chi connectivity index (χ0v) is 17.8. The maximum Gasteiger partial charge on any atom is 0.245 e. The van der Waals surface area contributed by atoms with E-state index in [-0.39, 0.29) is 22.5 Å². The minimum absolute atomic E-state index is 0.0776. The first-order valence-corrected chi connectivity index (χ1v) is 10.1. The Hall–Kier alpha value is -2.69. The highest BCUT2D eigenvalue weighted by atomic mass is 79.9. The van der Waals surface area contributed by atoms with Gasteiger partial charge in [0.15, 0.2) is 11.6 Å². The van der Waals surface area contributed by atoms with Gasteiger partial charge in [-0.3, -0.25) is 0 Å². The van der Waals surface area contributed by atoms with Crippen molar-refractivity contribution in [2.75, 3.05) is 36.6 Å². The van der Waals surface area contributed by atoms with Crippen molar-refractivity contribution in [1.29, 1.82) is 0 Å². The lowest BCUT2D eigenvalue weighted by molar-refractivity contribution is 0.122. The maximum atomic E-state index is 14.1. The summed E-state index contributed by atoms with van der Waals surface area (Å²) in [7, 11) is 0. The van der Waals surface area contributed by atoms with Crippen LogP contribution in [-0.2, 0) is 4.74 Å². The van der Waals surface area contributed by atoms with E-state index in [1.165, 1.54) is 6.21 Å². The molecule has 0 amide bonds. The molecule has 0 aliphatic carbocycles. The predicted molar refractivity (Wildman–Crippen MR) is 115 cm³/mol. The third-order valence-corrected chi connectivity index (χ3v) is 5.06. The normalized spacial score (nSPS) is 14.4. The Morgan fingerprint density at radius 1 is 1.30 bits per heavy atom. The lowest BCUT2D eigenvalue weighted by atomic mass is 10.1. The number of phenols is 1. The van der Waals surface area contributed by atoms with Crippen LogP contribution in [0.2, 0.25) is 5.02 Å². The molecule has 3 aromatic rings. The topological polar surface area (TPSA) is 96.0 Å². The molecule has 156 valence electrons. The summed E-state index contributed by atoms with van der Waals surface area (Å²) < 4.78 is 25.7.